The Bertz CT molecular complexity index is 830. The zero-order valence-corrected chi connectivity index (χ0v) is 19.3. The van der Waals surface area contributed by atoms with Crippen LogP contribution in [0.4, 0.5) is 0 Å². The Morgan fingerprint density at radius 1 is 1.33 bits per heavy atom. The minimum absolute atomic E-state index is 0.339. The van der Waals surface area contributed by atoms with Crippen molar-refractivity contribution < 1.29 is 4.52 Å². The maximum absolute atomic E-state index is 6.27. The van der Waals surface area contributed by atoms with Gasteiger partial charge in [0.2, 0.25) is 0 Å². The number of hydrogen-bond acceptors (Lipinski definition) is 4. The molecule has 1 aromatic carbocycles. The lowest BCUT2D eigenvalue weighted by Gasteiger charge is -2.39. The van der Waals surface area contributed by atoms with Gasteiger partial charge in [-0.3, -0.25) is 9.89 Å². The molecule has 0 aliphatic carbocycles. The molecule has 7 heteroatoms. The lowest BCUT2D eigenvalue weighted by molar-refractivity contribution is 0.125. The largest absolute Gasteiger partial charge is 0.361 e. The normalized spacial score (nSPS) is 20.4. The molecule has 0 saturated carbocycles. The Morgan fingerprint density at radius 3 is 2.87 bits per heavy atom. The first-order valence-corrected chi connectivity index (χ1v) is 11.3. The van der Waals surface area contributed by atoms with E-state index in [-0.39, 0.29) is 0 Å². The van der Waals surface area contributed by atoms with Crippen molar-refractivity contribution in [3.8, 4) is 0 Å². The number of hydrogen-bond donors (Lipinski definition) is 2. The van der Waals surface area contributed by atoms with Crippen LogP contribution in [0.2, 0.25) is 5.02 Å². The van der Waals surface area contributed by atoms with Gasteiger partial charge in [0, 0.05) is 36.3 Å². The summed E-state index contributed by atoms with van der Waals surface area (Å²) in [5, 5.41) is 11.7. The second-order valence-electron chi connectivity index (χ2n) is 8.08. The molecule has 2 aromatic rings. The molecule has 1 fully saturated rings. The summed E-state index contributed by atoms with van der Waals surface area (Å²) < 4.78 is 5.26. The number of piperidine rings is 1. The Morgan fingerprint density at radius 2 is 2.17 bits per heavy atom. The SMILES string of the molecule is CCNC(=NCC1CCCN(C)C1c1cccc(Cl)c1)NCCc1c(C)noc1C. The van der Waals surface area contributed by atoms with E-state index in [4.69, 9.17) is 21.1 Å². The van der Waals surface area contributed by atoms with E-state index in [0.29, 0.717) is 12.0 Å². The number of benzene rings is 1. The standard InChI is InChI=1S/C23H34ClN5O/c1-5-25-23(26-12-11-21-16(2)28-30-17(21)3)27-15-19-9-7-13-29(4)22(19)18-8-6-10-20(24)14-18/h6,8,10,14,19,22H,5,7,9,11-13,15H2,1-4H3,(H2,25,26,27). The summed E-state index contributed by atoms with van der Waals surface area (Å²) in [7, 11) is 2.20. The van der Waals surface area contributed by atoms with Crippen LogP contribution in [0.15, 0.2) is 33.8 Å². The van der Waals surface area contributed by atoms with Crippen LogP contribution in [-0.4, -0.2) is 49.2 Å². The highest BCUT2D eigenvalue weighted by Crippen LogP contribution is 2.36. The number of nitrogens with zero attached hydrogens (tertiary/aromatic N) is 3. The Hall–Kier alpha value is -2.05. The van der Waals surface area contributed by atoms with Gasteiger partial charge in [0.1, 0.15) is 5.76 Å². The third-order valence-electron chi connectivity index (χ3n) is 5.87. The molecule has 2 heterocycles. The third-order valence-corrected chi connectivity index (χ3v) is 6.11. The summed E-state index contributed by atoms with van der Waals surface area (Å²) in [6.45, 7) is 9.55. The Kier molecular flexibility index (Phi) is 8.16. The van der Waals surface area contributed by atoms with Gasteiger partial charge < -0.3 is 15.2 Å². The smallest absolute Gasteiger partial charge is 0.191 e. The van der Waals surface area contributed by atoms with Crippen molar-refractivity contribution in [1.29, 1.82) is 0 Å². The molecule has 1 aliphatic rings. The molecular formula is C23H34ClN5O. The number of halogens is 1. The summed E-state index contributed by atoms with van der Waals surface area (Å²) in [5.74, 6) is 2.22. The van der Waals surface area contributed by atoms with Crippen molar-refractivity contribution in [2.24, 2.45) is 10.9 Å². The van der Waals surface area contributed by atoms with E-state index in [2.05, 4.69) is 46.8 Å². The van der Waals surface area contributed by atoms with Crippen molar-refractivity contribution in [2.45, 2.75) is 46.1 Å². The summed E-state index contributed by atoms with van der Waals surface area (Å²) in [6.07, 6.45) is 3.23. The van der Waals surface area contributed by atoms with E-state index in [9.17, 15) is 0 Å². The molecule has 6 nitrogen and oxygen atoms in total. The lowest BCUT2D eigenvalue weighted by Crippen LogP contribution is -2.40. The molecule has 0 radical (unpaired) electrons. The first kappa shape index (κ1) is 22.6. The maximum Gasteiger partial charge on any atom is 0.191 e. The highest BCUT2D eigenvalue weighted by molar-refractivity contribution is 6.30. The fourth-order valence-corrected chi connectivity index (χ4v) is 4.58. The minimum atomic E-state index is 0.339. The highest BCUT2D eigenvalue weighted by atomic mass is 35.5. The molecule has 30 heavy (non-hydrogen) atoms. The van der Waals surface area contributed by atoms with E-state index >= 15 is 0 Å². The predicted octanol–water partition coefficient (Wildman–Crippen LogP) is 4.13. The van der Waals surface area contributed by atoms with Gasteiger partial charge in [-0.1, -0.05) is 28.9 Å². The first-order valence-electron chi connectivity index (χ1n) is 10.9. The molecule has 1 saturated heterocycles. The molecular weight excluding hydrogens is 398 g/mol. The molecule has 1 aromatic heterocycles. The summed E-state index contributed by atoms with van der Waals surface area (Å²) in [4.78, 5) is 7.37. The van der Waals surface area contributed by atoms with Gasteiger partial charge in [-0.25, -0.2) is 0 Å². The van der Waals surface area contributed by atoms with Gasteiger partial charge >= 0.3 is 0 Å². The van der Waals surface area contributed by atoms with E-state index < -0.39 is 0 Å². The van der Waals surface area contributed by atoms with Crippen LogP contribution in [0.25, 0.3) is 0 Å². The van der Waals surface area contributed by atoms with Crippen molar-refractivity contribution in [3.05, 3.63) is 51.9 Å². The molecule has 2 atom stereocenters. The zero-order valence-electron chi connectivity index (χ0n) is 18.5. The van der Waals surface area contributed by atoms with Crippen LogP contribution in [-0.2, 0) is 6.42 Å². The van der Waals surface area contributed by atoms with Gasteiger partial charge in [-0.15, -0.1) is 0 Å². The molecule has 164 valence electrons. The topological polar surface area (TPSA) is 65.7 Å². The molecule has 0 spiro atoms. The van der Waals surface area contributed by atoms with E-state index in [0.717, 1.165) is 55.0 Å². The fraction of sp³-hybridized carbons (Fsp3) is 0.565. The predicted molar refractivity (Wildman–Crippen MR) is 123 cm³/mol. The van der Waals surface area contributed by atoms with Gasteiger partial charge in [-0.05, 0) is 77.2 Å². The lowest BCUT2D eigenvalue weighted by atomic mass is 9.85. The van der Waals surface area contributed by atoms with Crippen molar-refractivity contribution in [3.63, 3.8) is 0 Å². The zero-order chi connectivity index (χ0) is 21.5. The van der Waals surface area contributed by atoms with Crippen LogP contribution in [0.3, 0.4) is 0 Å². The minimum Gasteiger partial charge on any atom is -0.361 e. The van der Waals surface area contributed by atoms with E-state index in [1.807, 2.05) is 26.0 Å². The van der Waals surface area contributed by atoms with Crippen LogP contribution >= 0.6 is 11.6 Å². The van der Waals surface area contributed by atoms with E-state index in [1.165, 1.54) is 24.0 Å². The third kappa shape index (κ3) is 5.76. The molecule has 2 N–H and O–H groups in total. The second-order valence-corrected chi connectivity index (χ2v) is 8.52. The van der Waals surface area contributed by atoms with Crippen molar-refractivity contribution in [1.82, 2.24) is 20.7 Å². The first-order chi connectivity index (χ1) is 14.5. The second kappa shape index (κ2) is 10.8. The van der Waals surface area contributed by atoms with E-state index in [1.54, 1.807) is 0 Å². The molecule has 3 rings (SSSR count). The fourth-order valence-electron chi connectivity index (χ4n) is 4.38. The van der Waals surface area contributed by atoms with Gasteiger partial charge in [-0.2, -0.15) is 0 Å². The molecule has 2 unspecified atom stereocenters. The number of guanidine groups is 1. The van der Waals surface area contributed by atoms with Crippen molar-refractivity contribution >= 4 is 17.6 Å². The van der Waals surface area contributed by atoms with Crippen LogP contribution in [0.1, 0.15) is 48.4 Å². The number of likely N-dealkylation sites (tertiary alicyclic amines) is 1. The molecule has 0 amide bonds. The Balaban J connectivity index is 1.65. The van der Waals surface area contributed by atoms with Crippen molar-refractivity contribution in [2.75, 3.05) is 33.2 Å². The summed E-state index contributed by atoms with van der Waals surface area (Å²) in [5.41, 5.74) is 3.42. The summed E-state index contributed by atoms with van der Waals surface area (Å²) >= 11 is 6.27. The monoisotopic (exact) mass is 431 g/mol. The number of nitrogens with one attached hydrogen (secondary N) is 2. The molecule has 0 bridgehead atoms. The number of aromatic nitrogens is 1. The average molecular weight is 432 g/mol. The van der Waals surface area contributed by atoms with Crippen LogP contribution in [0.5, 0.6) is 0 Å². The van der Waals surface area contributed by atoms with Gasteiger partial charge in [0.05, 0.1) is 5.69 Å². The number of rotatable bonds is 7. The van der Waals surface area contributed by atoms with Crippen LogP contribution < -0.4 is 10.6 Å². The average Bonchev–Trinajstić information content (AvgIpc) is 3.04. The Labute approximate surface area is 185 Å². The number of aliphatic imine (C=N–C) groups is 1. The van der Waals surface area contributed by atoms with Gasteiger partial charge in [0.25, 0.3) is 0 Å². The number of aryl methyl sites for hydroxylation is 2. The quantitative estimate of drug-likeness (QED) is 0.509. The maximum atomic E-state index is 6.27. The van der Waals surface area contributed by atoms with Gasteiger partial charge in [0.15, 0.2) is 5.96 Å². The highest BCUT2D eigenvalue weighted by Gasteiger charge is 2.30. The van der Waals surface area contributed by atoms with Crippen LogP contribution in [0, 0.1) is 19.8 Å². The summed E-state index contributed by atoms with van der Waals surface area (Å²) in [6, 6.07) is 8.60. The molecule has 1 aliphatic heterocycles.